The SMILES string of the molecule is CCCC(CCO)CNc1ccc(C(=O)N(C)C)cn1. The Kier molecular flexibility index (Phi) is 7.01. The Morgan fingerprint density at radius 2 is 2.15 bits per heavy atom. The van der Waals surface area contributed by atoms with Crippen LogP contribution in [0.2, 0.25) is 0 Å². The number of carbonyl (C=O) groups excluding carboxylic acids is 1. The largest absolute Gasteiger partial charge is 0.396 e. The summed E-state index contributed by atoms with van der Waals surface area (Å²) in [5.41, 5.74) is 0.584. The van der Waals surface area contributed by atoms with Gasteiger partial charge in [-0.1, -0.05) is 13.3 Å². The zero-order chi connectivity index (χ0) is 15.0. The molecule has 0 saturated heterocycles. The van der Waals surface area contributed by atoms with Gasteiger partial charge in [-0.25, -0.2) is 4.98 Å². The Morgan fingerprint density at radius 1 is 1.40 bits per heavy atom. The molecule has 1 unspecified atom stereocenters. The third-order valence-electron chi connectivity index (χ3n) is 3.22. The highest BCUT2D eigenvalue weighted by Gasteiger charge is 2.09. The first-order chi connectivity index (χ1) is 9.58. The van der Waals surface area contributed by atoms with Crippen LogP contribution >= 0.6 is 0 Å². The van der Waals surface area contributed by atoms with Gasteiger partial charge < -0.3 is 15.3 Å². The molecule has 0 fully saturated rings. The Balaban J connectivity index is 2.54. The molecule has 0 aromatic carbocycles. The van der Waals surface area contributed by atoms with Crippen LogP contribution in [0.3, 0.4) is 0 Å². The number of aliphatic hydroxyl groups is 1. The number of amides is 1. The number of carbonyl (C=O) groups is 1. The first-order valence-electron chi connectivity index (χ1n) is 7.10. The summed E-state index contributed by atoms with van der Waals surface area (Å²) >= 11 is 0. The van der Waals surface area contributed by atoms with Crippen molar-refractivity contribution in [1.82, 2.24) is 9.88 Å². The summed E-state index contributed by atoms with van der Waals surface area (Å²) in [4.78, 5) is 17.5. The molecular formula is C15H25N3O2. The molecule has 112 valence electrons. The molecule has 20 heavy (non-hydrogen) atoms. The fourth-order valence-electron chi connectivity index (χ4n) is 2.07. The van der Waals surface area contributed by atoms with Gasteiger partial charge in [-0.15, -0.1) is 0 Å². The first-order valence-corrected chi connectivity index (χ1v) is 7.10. The van der Waals surface area contributed by atoms with E-state index >= 15 is 0 Å². The predicted molar refractivity (Wildman–Crippen MR) is 80.8 cm³/mol. The van der Waals surface area contributed by atoms with E-state index in [4.69, 9.17) is 5.11 Å². The standard InChI is InChI=1S/C15H25N3O2/c1-4-5-12(8-9-19)10-16-14-7-6-13(11-17-14)15(20)18(2)3/h6-7,11-12,19H,4-5,8-10H2,1-3H3,(H,16,17). The Labute approximate surface area is 121 Å². The smallest absolute Gasteiger partial charge is 0.254 e. The molecular weight excluding hydrogens is 254 g/mol. The number of pyridine rings is 1. The molecule has 0 spiro atoms. The topological polar surface area (TPSA) is 65.5 Å². The third-order valence-corrected chi connectivity index (χ3v) is 3.22. The van der Waals surface area contributed by atoms with Gasteiger partial charge >= 0.3 is 0 Å². The quantitative estimate of drug-likeness (QED) is 0.764. The lowest BCUT2D eigenvalue weighted by Gasteiger charge is -2.16. The van der Waals surface area contributed by atoms with Crippen molar-refractivity contribution in [3.63, 3.8) is 0 Å². The second-order valence-corrected chi connectivity index (χ2v) is 5.18. The third kappa shape index (κ3) is 5.17. The Bertz CT molecular complexity index is 398. The van der Waals surface area contributed by atoms with E-state index in [1.54, 1.807) is 26.4 Å². The maximum atomic E-state index is 11.7. The summed E-state index contributed by atoms with van der Waals surface area (Å²) in [6.07, 6.45) is 4.59. The van der Waals surface area contributed by atoms with E-state index in [0.29, 0.717) is 11.5 Å². The van der Waals surface area contributed by atoms with E-state index in [0.717, 1.165) is 31.6 Å². The lowest BCUT2D eigenvalue weighted by Crippen LogP contribution is -2.22. The number of anilines is 1. The predicted octanol–water partition coefficient (Wildman–Crippen LogP) is 1.99. The lowest BCUT2D eigenvalue weighted by atomic mass is 10.0. The maximum Gasteiger partial charge on any atom is 0.254 e. The molecule has 1 aromatic heterocycles. The minimum atomic E-state index is -0.0480. The molecule has 1 atom stereocenters. The summed E-state index contributed by atoms with van der Waals surface area (Å²) in [7, 11) is 3.44. The van der Waals surface area contributed by atoms with Crippen molar-refractivity contribution in [2.75, 3.05) is 32.6 Å². The number of hydrogen-bond donors (Lipinski definition) is 2. The highest BCUT2D eigenvalue weighted by Crippen LogP contribution is 2.13. The van der Waals surface area contributed by atoms with E-state index < -0.39 is 0 Å². The van der Waals surface area contributed by atoms with Crippen molar-refractivity contribution in [2.24, 2.45) is 5.92 Å². The van der Waals surface area contributed by atoms with Crippen LogP contribution in [0.4, 0.5) is 5.82 Å². The average molecular weight is 279 g/mol. The fraction of sp³-hybridized carbons (Fsp3) is 0.600. The molecule has 0 aliphatic rings. The van der Waals surface area contributed by atoms with E-state index in [1.165, 1.54) is 4.90 Å². The van der Waals surface area contributed by atoms with Gasteiger partial charge in [0.2, 0.25) is 0 Å². The number of aromatic nitrogens is 1. The monoisotopic (exact) mass is 279 g/mol. The number of aliphatic hydroxyl groups excluding tert-OH is 1. The molecule has 0 aliphatic carbocycles. The minimum absolute atomic E-state index is 0.0480. The highest BCUT2D eigenvalue weighted by atomic mass is 16.3. The number of nitrogens with one attached hydrogen (secondary N) is 1. The van der Waals surface area contributed by atoms with Crippen LogP contribution in [-0.4, -0.2) is 48.1 Å². The molecule has 5 heteroatoms. The molecule has 0 aliphatic heterocycles. The van der Waals surface area contributed by atoms with Crippen molar-refractivity contribution in [1.29, 1.82) is 0 Å². The molecule has 0 radical (unpaired) electrons. The van der Waals surface area contributed by atoms with Gasteiger partial charge in [-0.05, 0) is 30.9 Å². The van der Waals surface area contributed by atoms with Crippen molar-refractivity contribution in [2.45, 2.75) is 26.2 Å². The highest BCUT2D eigenvalue weighted by molar-refractivity contribution is 5.93. The van der Waals surface area contributed by atoms with Gasteiger partial charge in [0.1, 0.15) is 5.82 Å². The summed E-state index contributed by atoms with van der Waals surface area (Å²) in [6, 6.07) is 3.59. The van der Waals surface area contributed by atoms with E-state index in [-0.39, 0.29) is 12.5 Å². The zero-order valence-electron chi connectivity index (χ0n) is 12.6. The Hall–Kier alpha value is -1.62. The minimum Gasteiger partial charge on any atom is -0.396 e. The van der Waals surface area contributed by atoms with Crippen LogP contribution in [0.15, 0.2) is 18.3 Å². The van der Waals surface area contributed by atoms with Gasteiger partial charge in [0.05, 0.1) is 5.56 Å². The average Bonchev–Trinajstić information content (AvgIpc) is 2.45. The first kappa shape index (κ1) is 16.4. The summed E-state index contributed by atoms with van der Waals surface area (Å²) in [5.74, 6) is 1.17. The molecule has 1 heterocycles. The fourth-order valence-corrected chi connectivity index (χ4v) is 2.07. The van der Waals surface area contributed by atoms with Crippen molar-refractivity contribution < 1.29 is 9.90 Å². The second-order valence-electron chi connectivity index (χ2n) is 5.18. The van der Waals surface area contributed by atoms with E-state index in [9.17, 15) is 4.79 Å². The van der Waals surface area contributed by atoms with Crippen molar-refractivity contribution in [3.05, 3.63) is 23.9 Å². The van der Waals surface area contributed by atoms with Crippen LogP contribution < -0.4 is 5.32 Å². The zero-order valence-corrected chi connectivity index (χ0v) is 12.6. The number of hydrogen-bond acceptors (Lipinski definition) is 4. The number of nitrogens with zero attached hydrogens (tertiary/aromatic N) is 2. The summed E-state index contributed by atoms with van der Waals surface area (Å²) in [5, 5.41) is 12.3. The molecule has 1 aromatic rings. The van der Waals surface area contributed by atoms with Crippen LogP contribution in [0.5, 0.6) is 0 Å². The molecule has 5 nitrogen and oxygen atoms in total. The van der Waals surface area contributed by atoms with Crippen LogP contribution in [0, 0.1) is 5.92 Å². The summed E-state index contributed by atoms with van der Waals surface area (Å²) in [6.45, 7) is 3.16. The van der Waals surface area contributed by atoms with Crippen molar-refractivity contribution >= 4 is 11.7 Å². The molecule has 1 rings (SSSR count). The Morgan fingerprint density at radius 3 is 2.65 bits per heavy atom. The van der Waals surface area contributed by atoms with Gasteiger partial charge in [-0.2, -0.15) is 0 Å². The van der Waals surface area contributed by atoms with Gasteiger partial charge in [-0.3, -0.25) is 4.79 Å². The maximum absolute atomic E-state index is 11.7. The van der Waals surface area contributed by atoms with E-state index in [2.05, 4.69) is 17.2 Å². The van der Waals surface area contributed by atoms with Gasteiger partial charge in [0, 0.05) is 33.4 Å². The van der Waals surface area contributed by atoms with Crippen molar-refractivity contribution in [3.8, 4) is 0 Å². The lowest BCUT2D eigenvalue weighted by molar-refractivity contribution is 0.0827. The van der Waals surface area contributed by atoms with Gasteiger partial charge in [0.15, 0.2) is 0 Å². The molecule has 2 N–H and O–H groups in total. The van der Waals surface area contributed by atoms with E-state index in [1.807, 2.05) is 6.07 Å². The molecule has 0 bridgehead atoms. The number of rotatable bonds is 8. The van der Waals surface area contributed by atoms with Crippen LogP contribution in [-0.2, 0) is 0 Å². The van der Waals surface area contributed by atoms with Crippen LogP contribution in [0.1, 0.15) is 36.5 Å². The molecule has 0 saturated carbocycles. The van der Waals surface area contributed by atoms with Gasteiger partial charge in [0.25, 0.3) is 5.91 Å². The summed E-state index contributed by atoms with van der Waals surface area (Å²) < 4.78 is 0. The molecule has 1 amide bonds. The second kappa shape index (κ2) is 8.53. The van der Waals surface area contributed by atoms with Crippen LogP contribution in [0.25, 0.3) is 0 Å². The normalized spacial score (nSPS) is 12.0.